The van der Waals surface area contributed by atoms with Gasteiger partial charge in [-0.15, -0.1) is 0 Å². The average molecular weight is 364 g/mol. The molecule has 0 radical (unpaired) electrons. The molecule has 1 aromatic heterocycles. The summed E-state index contributed by atoms with van der Waals surface area (Å²) in [6, 6.07) is 28.1. The van der Waals surface area contributed by atoms with Gasteiger partial charge in [0.05, 0.1) is 17.3 Å². The second kappa shape index (κ2) is 7.60. The molecule has 0 aliphatic rings. The van der Waals surface area contributed by atoms with Crippen LogP contribution >= 0.6 is 0 Å². The zero-order valence-electron chi connectivity index (χ0n) is 14.9. The summed E-state index contributed by atoms with van der Waals surface area (Å²) in [6.07, 6.45) is 1.90. The van der Waals surface area contributed by atoms with Gasteiger partial charge < -0.3 is 0 Å². The number of amides is 1. The van der Waals surface area contributed by atoms with E-state index >= 15 is 0 Å². The van der Waals surface area contributed by atoms with E-state index in [9.17, 15) is 4.79 Å². The minimum Gasteiger partial charge on any atom is -0.292 e. The number of carbonyl (C=O) groups excluding carboxylic acids is 1. The predicted octanol–water partition coefficient (Wildman–Crippen LogP) is 4.66. The highest BCUT2D eigenvalue weighted by atomic mass is 16.1. The molecule has 0 atom stereocenters. The van der Waals surface area contributed by atoms with Crippen LogP contribution in [0.3, 0.4) is 0 Å². The number of benzene rings is 3. The van der Waals surface area contributed by atoms with Crippen LogP contribution in [0, 0.1) is 11.3 Å². The number of hydrogen-bond donors (Lipinski definition) is 1. The van der Waals surface area contributed by atoms with E-state index in [0.717, 1.165) is 16.9 Å². The van der Waals surface area contributed by atoms with Crippen LogP contribution in [-0.4, -0.2) is 15.5 Å². The van der Waals surface area contributed by atoms with E-state index in [4.69, 9.17) is 5.26 Å². The van der Waals surface area contributed by atoms with Gasteiger partial charge in [0, 0.05) is 23.0 Å². The van der Waals surface area contributed by atoms with Crippen LogP contribution in [0.15, 0.2) is 91.1 Å². The molecule has 134 valence electrons. The Kier molecular flexibility index (Phi) is 4.68. The first-order valence-electron chi connectivity index (χ1n) is 8.76. The molecule has 4 rings (SSSR count). The molecule has 1 N–H and O–H groups in total. The van der Waals surface area contributed by atoms with Gasteiger partial charge in [-0.25, -0.2) is 4.98 Å². The van der Waals surface area contributed by atoms with Gasteiger partial charge in [0.25, 0.3) is 5.91 Å². The van der Waals surface area contributed by atoms with Gasteiger partial charge >= 0.3 is 0 Å². The number of anilines is 1. The topological polar surface area (TPSA) is 70.7 Å². The van der Waals surface area contributed by atoms with Crippen molar-refractivity contribution in [1.82, 2.24) is 9.55 Å². The lowest BCUT2D eigenvalue weighted by Gasteiger charge is -2.08. The van der Waals surface area contributed by atoms with E-state index in [0.29, 0.717) is 17.1 Å². The number of nitrogens with zero attached hydrogens (tertiary/aromatic N) is 3. The number of imidazole rings is 1. The Morgan fingerprint density at radius 1 is 0.893 bits per heavy atom. The van der Waals surface area contributed by atoms with Crippen LogP contribution in [-0.2, 0) is 0 Å². The fourth-order valence-corrected chi connectivity index (χ4v) is 2.87. The normalized spacial score (nSPS) is 10.2. The van der Waals surface area contributed by atoms with Gasteiger partial charge in [-0.05, 0) is 36.4 Å². The van der Waals surface area contributed by atoms with E-state index in [1.165, 1.54) is 0 Å². The van der Waals surface area contributed by atoms with E-state index in [2.05, 4.69) is 10.3 Å². The van der Waals surface area contributed by atoms with Crippen LogP contribution in [0.5, 0.6) is 0 Å². The summed E-state index contributed by atoms with van der Waals surface area (Å²) in [4.78, 5) is 17.3. The molecule has 28 heavy (non-hydrogen) atoms. The van der Waals surface area contributed by atoms with Crippen molar-refractivity contribution in [1.29, 1.82) is 5.26 Å². The smallest absolute Gasteiger partial charge is 0.257 e. The average Bonchev–Trinajstić information content (AvgIpc) is 3.19. The first-order chi connectivity index (χ1) is 13.7. The number of para-hydroxylation sites is 1. The maximum atomic E-state index is 12.7. The van der Waals surface area contributed by atoms with Crippen molar-refractivity contribution in [2.24, 2.45) is 0 Å². The zero-order valence-corrected chi connectivity index (χ0v) is 14.9. The van der Waals surface area contributed by atoms with Crippen LogP contribution in [0.2, 0.25) is 0 Å². The van der Waals surface area contributed by atoms with Crippen molar-refractivity contribution in [3.63, 3.8) is 0 Å². The third kappa shape index (κ3) is 3.53. The van der Waals surface area contributed by atoms with Gasteiger partial charge in [-0.1, -0.05) is 48.5 Å². The SMILES string of the molecule is N#Cc1ccc(C(=O)Nc2nc(-c3ccccc3)cn2-c2ccccc2)cc1. The number of nitriles is 1. The van der Waals surface area contributed by atoms with E-state index in [1.807, 2.05) is 77.5 Å². The molecule has 1 heterocycles. The van der Waals surface area contributed by atoms with Crippen molar-refractivity contribution >= 4 is 11.9 Å². The molecule has 0 bridgehead atoms. The third-order valence-electron chi connectivity index (χ3n) is 4.31. The minimum absolute atomic E-state index is 0.285. The molecule has 0 fully saturated rings. The molecule has 0 aliphatic carbocycles. The number of nitrogens with one attached hydrogen (secondary N) is 1. The lowest BCUT2D eigenvalue weighted by molar-refractivity contribution is 0.102. The molecule has 5 nitrogen and oxygen atoms in total. The van der Waals surface area contributed by atoms with Gasteiger partial charge in [0.15, 0.2) is 0 Å². The molecule has 0 aliphatic heterocycles. The second-order valence-corrected chi connectivity index (χ2v) is 6.16. The van der Waals surface area contributed by atoms with Crippen LogP contribution in [0.25, 0.3) is 16.9 Å². The Balaban J connectivity index is 1.71. The number of carbonyl (C=O) groups is 1. The highest BCUT2D eigenvalue weighted by molar-refractivity contribution is 6.03. The van der Waals surface area contributed by atoms with Gasteiger partial charge in [0.1, 0.15) is 0 Å². The molecule has 3 aromatic carbocycles. The Hall–Kier alpha value is -4.17. The molecular weight excluding hydrogens is 348 g/mol. The summed E-state index contributed by atoms with van der Waals surface area (Å²) in [5, 5.41) is 11.8. The standard InChI is InChI=1S/C23H16N4O/c24-15-17-11-13-19(14-12-17)22(28)26-23-25-21(18-7-3-1-4-8-18)16-27(23)20-9-5-2-6-10-20/h1-14,16H,(H,25,26,28). The summed E-state index contributed by atoms with van der Waals surface area (Å²) < 4.78 is 1.85. The minimum atomic E-state index is -0.285. The largest absolute Gasteiger partial charge is 0.292 e. The first kappa shape index (κ1) is 17.3. The Morgan fingerprint density at radius 3 is 2.18 bits per heavy atom. The predicted molar refractivity (Wildman–Crippen MR) is 108 cm³/mol. The second-order valence-electron chi connectivity index (χ2n) is 6.16. The lowest BCUT2D eigenvalue weighted by Crippen LogP contribution is -2.15. The number of rotatable bonds is 4. The molecule has 5 heteroatoms. The fourth-order valence-electron chi connectivity index (χ4n) is 2.87. The summed E-state index contributed by atoms with van der Waals surface area (Å²) in [5.41, 5.74) is 3.59. The number of hydrogen-bond acceptors (Lipinski definition) is 3. The summed E-state index contributed by atoms with van der Waals surface area (Å²) >= 11 is 0. The molecule has 0 saturated heterocycles. The zero-order chi connectivity index (χ0) is 19.3. The molecule has 0 saturated carbocycles. The summed E-state index contributed by atoms with van der Waals surface area (Å²) in [6.45, 7) is 0. The fraction of sp³-hybridized carbons (Fsp3) is 0. The molecular formula is C23H16N4O. The van der Waals surface area contributed by atoms with E-state index in [-0.39, 0.29) is 5.91 Å². The molecule has 0 spiro atoms. The molecule has 1 amide bonds. The first-order valence-corrected chi connectivity index (χ1v) is 8.76. The van der Waals surface area contributed by atoms with Gasteiger partial charge in [-0.3, -0.25) is 14.7 Å². The Labute approximate surface area is 162 Å². The van der Waals surface area contributed by atoms with Gasteiger partial charge in [0.2, 0.25) is 5.95 Å². The highest BCUT2D eigenvalue weighted by Gasteiger charge is 2.15. The lowest BCUT2D eigenvalue weighted by atomic mass is 10.1. The number of aromatic nitrogens is 2. The van der Waals surface area contributed by atoms with Crippen molar-refractivity contribution in [3.05, 3.63) is 102 Å². The maximum Gasteiger partial charge on any atom is 0.257 e. The maximum absolute atomic E-state index is 12.7. The molecule has 0 unspecified atom stereocenters. The summed E-state index contributed by atoms with van der Waals surface area (Å²) in [5.74, 6) is 0.145. The van der Waals surface area contributed by atoms with Crippen molar-refractivity contribution in [2.75, 3.05) is 5.32 Å². The van der Waals surface area contributed by atoms with Crippen LogP contribution in [0.4, 0.5) is 5.95 Å². The van der Waals surface area contributed by atoms with Crippen LogP contribution in [0.1, 0.15) is 15.9 Å². The van der Waals surface area contributed by atoms with Crippen molar-refractivity contribution < 1.29 is 4.79 Å². The monoisotopic (exact) mass is 364 g/mol. The third-order valence-corrected chi connectivity index (χ3v) is 4.31. The van der Waals surface area contributed by atoms with Crippen LogP contribution < -0.4 is 5.32 Å². The van der Waals surface area contributed by atoms with E-state index in [1.54, 1.807) is 24.3 Å². The van der Waals surface area contributed by atoms with Crippen molar-refractivity contribution in [2.45, 2.75) is 0 Å². The molecule has 4 aromatic rings. The Morgan fingerprint density at radius 2 is 1.54 bits per heavy atom. The Bertz CT molecular complexity index is 1140. The quantitative estimate of drug-likeness (QED) is 0.572. The summed E-state index contributed by atoms with van der Waals surface area (Å²) in [7, 11) is 0. The van der Waals surface area contributed by atoms with E-state index < -0.39 is 0 Å². The highest BCUT2D eigenvalue weighted by Crippen LogP contribution is 2.24. The van der Waals surface area contributed by atoms with Crippen molar-refractivity contribution in [3.8, 4) is 23.0 Å². The van der Waals surface area contributed by atoms with Gasteiger partial charge in [-0.2, -0.15) is 5.26 Å².